The Bertz CT molecular complexity index is 650. The predicted molar refractivity (Wildman–Crippen MR) is 93.1 cm³/mol. The van der Waals surface area contributed by atoms with Crippen molar-refractivity contribution in [3.63, 3.8) is 0 Å². The third-order valence-corrected chi connectivity index (χ3v) is 4.14. The van der Waals surface area contributed by atoms with E-state index in [2.05, 4.69) is 27.5 Å². The van der Waals surface area contributed by atoms with Gasteiger partial charge in [0.05, 0.1) is 18.0 Å². The molecule has 7 nitrogen and oxygen atoms in total. The van der Waals surface area contributed by atoms with Crippen molar-refractivity contribution in [2.75, 3.05) is 11.9 Å². The van der Waals surface area contributed by atoms with E-state index in [-0.39, 0.29) is 24.1 Å². The molecule has 2 N–H and O–H groups in total. The van der Waals surface area contributed by atoms with E-state index >= 15 is 0 Å². The number of anilines is 1. The number of hydrogen-bond acceptors (Lipinski definition) is 5. The Balaban J connectivity index is 1.79. The Kier molecular flexibility index (Phi) is 6.80. The smallest absolute Gasteiger partial charge is 0.269 e. The van der Waals surface area contributed by atoms with Crippen LogP contribution in [0.3, 0.4) is 0 Å². The molecule has 0 saturated carbocycles. The molecule has 0 bridgehead atoms. The number of thiazole rings is 1. The maximum Gasteiger partial charge on any atom is 0.269 e. The molecule has 1 unspecified atom stereocenters. The number of rotatable bonds is 8. The summed E-state index contributed by atoms with van der Waals surface area (Å²) in [5, 5.41) is 7.68. The first-order valence-corrected chi connectivity index (χ1v) is 8.74. The summed E-state index contributed by atoms with van der Waals surface area (Å²) in [7, 11) is 0. The highest BCUT2D eigenvalue weighted by molar-refractivity contribution is 7.13. The Morgan fingerprint density at radius 2 is 2.17 bits per heavy atom. The van der Waals surface area contributed by atoms with Gasteiger partial charge in [0.25, 0.3) is 5.91 Å². The maximum atomic E-state index is 12.0. The van der Waals surface area contributed by atoms with Crippen LogP contribution in [0, 0.1) is 5.92 Å². The third kappa shape index (κ3) is 5.69. The molecule has 3 amide bonds. The fourth-order valence-electron chi connectivity index (χ4n) is 2.05. The van der Waals surface area contributed by atoms with Gasteiger partial charge in [0.1, 0.15) is 0 Å². The SMILES string of the molecule is CCCCCNC(=O)Cc1csc(NC(=O)C2C=CC(=O)N=C2)n1. The highest BCUT2D eigenvalue weighted by atomic mass is 32.1. The zero-order chi connectivity index (χ0) is 17.4. The van der Waals surface area contributed by atoms with Crippen molar-refractivity contribution in [2.24, 2.45) is 10.9 Å². The standard InChI is InChI=1S/C16H20N4O3S/c1-2-3-4-7-17-14(22)8-12-10-24-16(19-12)20-15(23)11-5-6-13(21)18-9-11/h5-6,9-11H,2-4,7-8H2,1H3,(H,17,22)(H,19,20,23). The van der Waals surface area contributed by atoms with E-state index in [9.17, 15) is 14.4 Å². The lowest BCUT2D eigenvalue weighted by atomic mass is 10.1. The van der Waals surface area contributed by atoms with Gasteiger partial charge in [-0.1, -0.05) is 25.8 Å². The Morgan fingerprint density at radius 1 is 1.33 bits per heavy atom. The number of carbonyl (C=O) groups excluding carboxylic acids is 3. The second-order valence-corrected chi connectivity index (χ2v) is 6.23. The highest BCUT2D eigenvalue weighted by Gasteiger charge is 2.18. The molecule has 0 radical (unpaired) electrons. The van der Waals surface area contributed by atoms with Gasteiger partial charge in [0.15, 0.2) is 5.13 Å². The number of nitrogens with one attached hydrogen (secondary N) is 2. The van der Waals surface area contributed by atoms with Gasteiger partial charge in [-0.3, -0.25) is 14.4 Å². The normalized spacial score (nSPS) is 16.2. The molecule has 1 aromatic rings. The second kappa shape index (κ2) is 9.07. The minimum absolute atomic E-state index is 0.0739. The van der Waals surface area contributed by atoms with Gasteiger partial charge in [-0.2, -0.15) is 0 Å². The van der Waals surface area contributed by atoms with Gasteiger partial charge in [0, 0.05) is 24.2 Å². The molecule has 0 saturated heterocycles. The molecule has 1 atom stereocenters. The molecule has 1 aliphatic rings. The number of hydrogen-bond donors (Lipinski definition) is 2. The number of aromatic nitrogens is 1. The predicted octanol–water partition coefficient (Wildman–Crippen LogP) is 1.71. The summed E-state index contributed by atoms with van der Waals surface area (Å²) < 4.78 is 0. The van der Waals surface area contributed by atoms with Gasteiger partial charge in [-0.15, -0.1) is 11.3 Å². The average Bonchev–Trinajstić information content (AvgIpc) is 2.99. The van der Waals surface area contributed by atoms with Gasteiger partial charge in [-0.25, -0.2) is 9.98 Å². The van der Waals surface area contributed by atoms with E-state index in [0.717, 1.165) is 19.3 Å². The molecule has 0 aliphatic carbocycles. The lowest BCUT2D eigenvalue weighted by Crippen LogP contribution is -2.26. The minimum Gasteiger partial charge on any atom is -0.356 e. The van der Waals surface area contributed by atoms with Crippen LogP contribution in [0.1, 0.15) is 31.9 Å². The van der Waals surface area contributed by atoms with Crippen molar-refractivity contribution in [3.8, 4) is 0 Å². The number of nitrogens with zero attached hydrogens (tertiary/aromatic N) is 2. The van der Waals surface area contributed by atoms with E-state index in [1.54, 1.807) is 5.38 Å². The number of dihydropyridines is 1. The van der Waals surface area contributed by atoms with E-state index in [4.69, 9.17) is 0 Å². The molecular weight excluding hydrogens is 328 g/mol. The van der Waals surface area contributed by atoms with Crippen LogP contribution in [0.15, 0.2) is 22.5 Å². The molecule has 1 aliphatic heterocycles. The first kappa shape index (κ1) is 18.0. The van der Waals surface area contributed by atoms with Crippen LogP contribution in [-0.4, -0.2) is 35.5 Å². The third-order valence-electron chi connectivity index (χ3n) is 3.34. The zero-order valence-corrected chi connectivity index (χ0v) is 14.3. The van der Waals surface area contributed by atoms with E-state index < -0.39 is 5.92 Å². The van der Waals surface area contributed by atoms with E-state index in [1.807, 2.05) is 0 Å². The lowest BCUT2D eigenvalue weighted by molar-refractivity contribution is -0.120. The van der Waals surface area contributed by atoms with Crippen molar-refractivity contribution in [3.05, 3.63) is 23.2 Å². The van der Waals surface area contributed by atoms with Gasteiger partial charge >= 0.3 is 0 Å². The largest absolute Gasteiger partial charge is 0.356 e. The Labute approximate surface area is 144 Å². The first-order chi connectivity index (χ1) is 11.6. The van der Waals surface area contributed by atoms with Crippen LogP contribution in [0.4, 0.5) is 5.13 Å². The van der Waals surface area contributed by atoms with Crippen molar-refractivity contribution in [2.45, 2.75) is 32.6 Å². The summed E-state index contributed by atoms with van der Waals surface area (Å²) in [6, 6.07) is 0. The Morgan fingerprint density at radius 3 is 2.88 bits per heavy atom. The summed E-state index contributed by atoms with van der Waals surface area (Å²) in [5.41, 5.74) is 0.617. The molecular formula is C16H20N4O3S. The van der Waals surface area contributed by atoms with Gasteiger partial charge < -0.3 is 10.6 Å². The fourth-order valence-corrected chi connectivity index (χ4v) is 2.76. The van der Waals surface area contributed by atoms with Crippen molar-refractivity contribution >= 4 is 40.4 Å². The van der Waals surface area contributed by atoms with Crippen LogP contribution < -0.4 is 10.6 Å². The first-order valence-electron chi connectivity index (χ1n) is 7.87. The van der Waals surface area contributed by atoms with E-state index in [0.29, 0.717) is 17.4 Å². The van der Waals surface area contributed by atoms with Crippen molar-refractivity contribution < 1.29 is 14.4 Å². The topological polar surface area (TPSA) is 101 Å². The summed E-state index contributed by atoms with van der Waals surface area (Å²) in [6.45, 7) is 2.78. The van der Waals surface area contributed by atoms with Crippen LogP contribution in [0.5, 0.6) is 0 Å². The monoisotopic (exact) mass is 348 g/mol. The second-order valence-electron chi connectivity index (χ2n) is 5.37. The molecule has 0 spiro atoms. The summed E-state index contributed by atoms with van der Waals surface area (Å²) in [4.78, 5) is 42.6. The molecule has 24 heavy (non-hydrogen) atoms. The van der Waals surface area contributed by atoms with Crippen molar-refractivity contribution in [1.82, 2.24) is 10.3 Å². The molecule has 0 fully saturated rings. The van der Waals surface area contributed by atoms with Crippen LogP contribution in [0.2, 0.25) is 0 Å². The maximum absolute atomic E-state index is 12.0. The average molecular weight is 348 g/mol. The van der Waals surface area contributed by atoms with Crippen LogP contribution in [-0.2, 0) is 20.8 Å². The highest BCUT2D eigenvalue weighted by Crippen LogP contribution is 2.17. The Hall–Kier alpha value is -2.35. The molecule has 0 aromatic carbocycles. The van der Waals surface area contributed by atoms with Crippen LogP contribution >= 0.6 is 11.3 Å². The van der Waals surface area contributed by atoms with Gasteiger partial charge in [0.2, 0.25) is 11.8 Å². The number of amides is 3. The van der Waals surface area contributed by atoms with Gasteiger partial charge in [-0.05, 0) is 6.42 Å². The molecule has 2 heterocycles. The minimum atomic E-state index is -0.586. The number of unbranched alkanes of at least 4 members (excludes halogenated alkanes) is 2. The van der Waals surface area contributed by atoms with E-state index in [1.165, 1.54) is 29.7 Å². The zero-order valence-electron chi connectivity index (χ0n) is 13.4. The van der Waals surface area contributed by atoms with Crippen molar-refractivity contribution in [1.29, 1.82) is 0 Å². The molecule has 128 valence electrons. The summed E-state index contributed by atoms with van der Waals surface area (Å²) in [5.74, 6) is -1.35. The fraction of sp³-hybridized carbons (Fsp3) is 0.438. The summed E-state index contributed by atoms with van der Waals surface area (Å²) in [6.07, 6.45) is 7.42. The summed E-state index contributed by atoms with van der Waals surface area (Å²) >= 11 is 1.26. The molecule has 1 aromatic heterocycles. The number of aliphatic imine (C=N–C) groups is 1. The molecule has 8 heteroatoms. The lowest BCUT2D eigenvalue weighted by Gasteiger charge is -2.08. The quantitative estimate of drug-likeness (QED) is 0.698. The number of carbonyl (C=O) groups is 3. The molecule has 2 rings (SSSR count). The van der Waals surface area contributed by atoms with Crippen LogP contribution in [0.25, 0.3) is 0 Å².